The Morgan fingerprint density at radius 2 is 1.65 bits per heavy atom. The van der Waals surface area contributed by atoms with Gasteiger partial charge < -0.3 is 9.47 Å². The van der Waals surface area contributed by atoms with Crippen LogP contribution in [0.25, 0.3) is 10.8 Å². The molecule has 0 radical (unpaired) electrons. The van der Waals surface area contributed by atoms with Gasteiger partial charge in [-0.05, 0) is 41.1 Å². The van der Waals surface area contributed by atoms with Gasteiger partial charge in [0, 0.05) is 5.56 Å². The number of ketones is 1. The van der Waals surface area contributed by atoms with Gasteiger partial charge in [0.1, 0.15) is 22.9 Å². The van der Waals surface area contributed by atoms with E-state index in [4.69, 9.17) is 9.47 Å². The predicted molar refractivity (Wildman–Crippen MR) is 86.9 cm³/mol. The molecule has 4 heteroatoms. The zero-order valence-electron chi connectivity index (χ0n) is 12.8. The first-order valence-corrected chi connectivity index (χ1v) is 7.09. The highest BCUT2D eigenvalue weighted by Gasteiger charge is 2.19. The van der Waals surface area contributed by atoms with Crippen LogP contribution >= 0.6 is 0 Å². The van der Waals surface area contributed by atoms with Gasteiger partial charge in [-0.1, -0.05) is 24.3 Å². The van der Waals surface area contributed by atoms with E-state index in [1.165, 1.54) is 19.2 Å². The molecule has 0 N–H and O–H groups in total. The molecule has 3 nitrogen and oxygen atoms in total. The van der Waals surface area contributed by atoms with Gasteiger partial charge in [0.05, 0.1) is 14.2 Å². The van der Waals surface area contributed by atoms with Gasteiger partial charge in [-0.3, -0.25) is 4.79 Å². The topological polar surface area (TPSA) is 35.5 Å². The molecule has 0 aliphatic carbocycles. The summed E-state index contributed by atoms with van der Waals surface area (Å²) in [4.78, 5) is 12.7. The molecule has 0 bridgehead atoms. The Kier molecular flexibility index (Phi) is 3.98. The smallest absolute Gasteiger partial charge is 0.199 e. The Hall–Kier alpha value is -2.88. The molecule has 0 aromatic heterocycles. The summed E-state index contributed by atoms with van der Waals surface area (Å²) in [6.07, 6.45) is 0. The molecule has 0 aliphatic heterocycles. The summed E-state index contributed by atoms with van der Waals surface area (Å²) < 4.78 is 24.4. The molecule has 0 unspecified atom stereocenters. The highest BCUT2D eigenvalue weighted by Crippen LogP contribution is 2.27. The van der Waals surface area contributed by atoms with Gasteiger partial charge in [0.25, 0.3) is 0 Å². The minimum atomic E-state index is -0.593. The molecular formula is C19H15FO3. The summed E-state index contributed by atoms with van der Waals surface area (Å²) in [6.45, 7) is 0. The summed E-state index contributed by atoms with van der Waals surface area (Å²) in [5.74, 6) is -0.0287. The summed E-state index contributed by atoms with van der Waals surface area (Å²) in [5, 5.41) is 1.83. The van der Waals surface area contributed by atoms with Crippen LogP contribution < -0.4 is 9.47 Å². The second-order valence-corrected chi connectivity index (χ2v) is 5.07. The predicted octanol–water partition coefficient (Wildman–Crippen LogP) is 4.23. The van der Waals surface area contributed by atoms with Crippen molar-refractivity contribution in [3.63, 3.8) is 0 Å². The zero-order valence-corrected chi connectivity index (χ0v) is 12.8. The average molecular weight is 310 g/mol. The molecule has 0 saturated carbocycles. The van der Waals surface area contributed by atoms with Gasteiger partial charge in [0.15, 0.2) is 5.78 Å². The molecule has 0 amide bonds. The number of rotatable bonds is 4. The minimum absolute atomic E-state index is 0.0529. The van der Waals surface area contributed by atoms with E-state index in [9.17, 15) is 9.18 Å². The molecule has 0 atom stereocenters. The number of carbonyl (C=O) groups excluding carboxylic acids is 1. The van der Waals surface area contributed by atoms with Crippen LogP contribution in [0.3, 0.4) is 0 Å². The molecule has 116 valence electrons. The zero-order chi connectivity index (χ0) is 16.4. The van der Waals surface area contributed by atoms with E-state index >= 15 is 0 Å². The number of benzene rings is 3. The lowest BCUT2D eigenvalue weighted by atomic mass is 9.99. The van der Waals surface area contributed by atoms with Crippen LogP contribution in [-0.4, -0.2) is 20.0 Å². The summed E-state index contributed by atoms with van der Waals surface area (Å²) in [5.41, 5.74) is 0.355. The van der Waals surface area contributed by atoms with Gasteiger partial charge in [0.2, 0.25) is 0 Å². The van der Waals surface area contributed by atoms with Crippen molar-refractivity contribution < 1.29 is 18.7 Å². The average Bonchev–Trinajstić information content (AvgIpc) is 2.59. The second kappa shape index (κ2) is 6.08. The Morgan fingerprint density at radius 1 is 0.913 bits per heavy atom. The van der Waals surface area contributed by atoms with Crippen molar-refractivity contribution in [3.8, 4) is 11.5 Å². The summed E-state index contributed by atoms with van der Waals surface area (Å²) in [6, 6.07) is 15.1. The van der Waals surface area contributed by atoms with Crippen LogP contribution in [0.4, 0.5) is 4.39 Å². The Bertz CT molecular complexity index is 887. The minimum Gasteiger partial charge on any atom is -0.497 e. The number of hydrogen-bond donors (Lipinski definition) is 0. The largest absolute Gasteiger partial charge is 0.497 e. The third kappa shape index (κ3) is 2.75. The maximum atomic E-state index is 14.1. The van der Waals surface area contributed by atoms with Gasteiger partial charge >= 0.3 is 0 Å². The molecule has 3 rings (SSSR count). The van der Waals surface area contributed by atoms with E-state index in [1.54, 1.807) is 25.3 Å². The first-order valence-electron chi connectivity index (χ1n) is 7.09. The number of ether oxygens (including phenoxy) is 2. The molecular weight excluding hydrogens is 295 g/mol. The summed E-state index contributed by atoms with van der Waals surface area (Å²) in [7, 11) is 3.02. The van der Waals surface area contributed by atoms with Crippen LogP contribution in [0, 0.1) is 5.82 Å². The van der Waals surface area contributed by atoms with Gasteiger partial charge in [-0.15, -0.1) is 0 Å². The third-order valence-electron chi connectivity index (χ3n) is 3.73. The molecule has 3 aromatic carbocycles. The lowest BCUT2D eigenvalue weighted by Gasteiger charge is -2.09. The van der Waals surface area contributed by atoms with Crippen LogP contribution in [0.2, 0.25) is 0 Å². The number of hydrogen-bond acceptors (Lipinski definition) is 3. The van der Waals surface area contributed by atoms with E-state index in [1.807, 2.05) is 24.3 Å². The van der Waals surface area contributed by atoms with Crippen LogP contribution in [0.15, 0.2) is 54.6 Å². The molecule has 0 spiro atoms. The van der Waals surface area contributed by atoms with Crippen LogP contribution in [-0.2, 0) is 0 Å². The Balaban J connectivity index is 2.08. The van der Waals surface area contributed by atoms with Crippen molar-refractivity contribution in [2.24, 2.45) is 0 Å². The molecule has 0 heterocycles. The van der Waals surface area contributed by atoms with Crippen molar-refractivity contribution in [2.45, 2.75) is 0 Å². The van der Waals surface area contributed by atoms with Crippen molar-refractivity contribution in [1.29, 1.82) is 0 Å². The Morgan fingerprint density at radius 3 is 2.39 bits per heavy atom. The summed E-state index contributed by atoms with van der Waals surface area (Å²) >= 11 is 0. The number of methoxy groups -OCH3 is 2. The lowest BCUT2D eigenvalue weighted by molar-refractivity contribution is 0.103. The molecule has 0 fully saturated rings. The SMILES string of the molecule is COc1ccc2cc(C(=O)c3c(F)cccc3OC)ccc2c1. The maximum Gasteiger partial charge on any atom is 0.199 e. The van der Waals surface area contributed by atoms with E-state index in [0.717, 1.165) is 16.5 Å². The third-order valence-corrected chi connectivity index (χ3v) is 3.73. The molecule has 3 aromatic rings. The first kappa shape index (κ1) is 15.0. The number of carbonyl (C=O) groups is 1. The highest BCUT2D eigenvalue weighted by atomic mass is 19.1. The fourth-order valence-electron chi connectivity index (χ4n) is 2.53. The maximum absolute atomic E-state index is 14.1. The number of halogens is 1. The van der Waals surface area contributed by atoms with E-state index in [-0.39, 0.29) is 11.3 Å². The van der Waals surface area contributed by atoms with Gasteiger partial charge in [-0.2, -0.15) is 0 Å². The highest BCUT2D eigenvalue weighted by molar-refractivity contribution is 6.12. The van der Waals surface area contributed by atoms with Crippen molar-refractivity contribution >= 4 is 16.6 Å². The first-order chi connectivity index (χ1) is 11.1. The molecule has 0 aliphatic rings. The van der Waals surface area contributed by atoms with Crippen molar-refractivity contribution in [1.82, 2.24) is 0 Å². The van der Waals surface area contributed by atoms with E-state index in [2.05, 4.69) is 0 Å². The number of fused-ring (bicyclic) bond motifs is 1. The standard InChI is InChI=1S/C19H15FO3/c1-22-15-9-8-12-10-14(7-6-13(12)11-15)19(21)18-16(20)4-3-5-17(18)23-2/h3-11H,1-2H3. The van der Waals surface area contributed by atoms with E-state index in [0.29, 0.717) is 5.56 Å². The normalized spacial score (nSPS) is 10.6. The lowest BCUT2D eigenvalue weighted by Crippen LogP contribution is -2.07. The Labute approximate surface area is 133 Å². The quantitative estimate of drug-likeness (QED) is 0.677. The fourth-order valence-corrected chi connectivity index (χ4v) is 2.53. The molecule has 23 heavy (non-hydrogen) atoms. The van der Waals surface area contributed by atoms with Crippen LogP contribution in [0.1, 0.15) is 15.9 Å². The monoisotopic (exact) mass is 310 g/mol. The fraction of sp³-hybridized carbons (Fsp3) is 0.105. The second-order valence-electron chi connectivity index (χ2n) is 5.07. The van der Waals surface area contributed by atoms with Crippen molar-refractivity contribution in [2.75, 3.05) is 14.2 Å². The van der Waals surface area contributed by atoms with Crippen LogP contribution in [0.5, 0.6) is 11.5 Å². The van der Waals surface area contributed by atoms with Gasteiger partial charge in [-0.25, -0.2) is 4.39 Å². The van der Waals surface area contributed by atoms with Crippen molar-refractivity contribution in [3.05, 3.63) is 71.5 Å². The molecule has 0 saturated heterocycles. The van der Waals surface area contributed by atoms with E-state index < -0.39 is 11.6 Å².